The number of carboxylic acids is 1. The Balaban J connectivity index is 2.22. The second-order valence-electron chi connectivity index (χ2n) is 5.15. The molecule has 21 heavy (non-hydrogen) atoms. The van der Waals surface area contributed by atoms with Gasteiger partial charge >= 0.3 is 5.97 Å². The van der Waals surface area contributed by atoms with Crippen LogP contribution in [-0.4, -0.2) is 18.2 Å². The number of halogens is 1. The van der Waals surface area contributed by atoms with Crippen LogP contribution in [0.3, 0.4) is 0 Å². The molecule has 114 valence electrons. The smallest absolute Gasteiger partial charge is 0.375 e. The van der Waals surface area contributed by atoms with E-state index >= 15 is 0 Å². The van der Waals surface area contributed by atoms with E-state index in [1.165, 1.54) is 44.8 Å². The predicted octanol–water partition coefficient (Wildman–Crippen LogP) is 4.45. The van der Waals surface area contributed by atoms with Crippen molar-refractivity contribution in [3.8, 4) is 5.75 Å². The van der Waals surface area contributed by atoms with Crippen LogP contribution in [-0.2, 0) is 9.53 Å². The third-order valence-electron chi connectivity index (χ3n) is 3.69. The highest BCUT2D eigenvalue weighted by Crippen LogP contribution is 2.36. The molecule has 0 heterocycles. The predicted molar refractivity (Wildman–Crippen MR) is 83.3 cm³/mol. The molecule has 0 aromatic heterocycles. The number of hydrogen-bond acceptors (Lipinski definition) is 3. The van der Waals surface area contributed by atoms with Gasteiger partial charge in [-0.2, -0.15) is 0 Å². The van der Waals surface area contributed by atoms with Gasteiger partial charge in [-0.25, -0.2) is 4.79 Å². The maximum absolute atomic E-state index is 11.1. The maximum atomic E-state index is 11.1. The van der Waals surface area contributed by atoms with Gasteiger partial charge in [0.15, 0.2) is 0 Å². The van der Waals surface area contributed by atoms with Gasteiger partial charge in [0.1, 0.15) is 12.0 Å². The van der Waals surface area contributed by atoms with Crippen LogP contribution in [0.25, 0.3) is 0 Å². The molecule has 0 spiro atoms. The van der Waals surface area contributed by atoms with E-state index in [9.17, 15) is 4.79 Å². The molecule has 0 radical (unpaired) electrons. The summed E-state index contributed by atoms with van der Waals surface area (Å²) >= 11 is 3.40. The first-order valence-corrected chi connectivity index (χ1v) is 7.84. The van der Waals surface area contributed by atoms with Gasteiger partial charge in [0.2, 0.25) is 5.76 Å². The summed E-state index contributed by atoms with van der Waals surface area (Å²) in [6, 6.07) is 5.91. The van der Waals surface area contributed by atoms with Crippen LogP contribution >= 0.6 is 15.9 Å². The topological polar surface area (TPSA) is 55.8 Å². The normalized spacial score (nSPS) is 16.6. The fraction of sp³-hybridized carbons (Fsp3) is 0.438. The molecule has 0 unspecified atom stereocenters. The van der Waals surface area contributed by atoms with Crippen LogP contribution in [0.1, 0.15) is 43.6 Å². The average molecular weight is 355 g/mol. The number of carboxylic acid groups (broad SMARTS) is 1. The van der Waals surface area contributed by atoms with Gasteiger partial charge in [-0.3, -0.25) is 0 Å². The van der Waals surface area contributed by atoms with Crippen LogP contribution in [0.5, 0.6) is 5.75 Å². The van der Waals surface area contributed by atoms with Crippen molar-refractivity contribution >= 4 is 21.9 Å². The lowest BCUT2D eigenvalue weighted by atomic mass is 9.84. The summed E-state index contributed by atoms with van der Waals surface area (Å²) in [5.74, 6) is -0.358. The number of methoxy groups -OCH3 is 1. The Bertz CT molecular complexity index is 533. The molecule has 0 aliphatic heterocycles. The quantitative estimate of drug-likeness (QED) is 0.626. The molecular formula is C16H19BrO4. The Morgan fingerprint density at radius 3 is 2.67 bits per heavy atom. The summed E-state index contributed by atoms with van der Waals surface area (Å²) in [7, 11) is 1.39. The highest BCUT2D eigenvalue weighted by atomic mass is 79.9. The zero-order valence-electron chi connectivity index (χ0n) is 12.0. The lowest BCUT2D eigenvalue weighted by Crippen LogP contribution is -2.09. The fourth-order valence-electron chi connectivity index (χ4n) is 2.63. The van der Waals surface area contributed by atoms with Crippen molar-refractivity contribution in [3.63, 3.8) is 0 Å². The van der Waals surface area contributed by atoms with Crippen molar-refractivity contribution in [2.75, 3.05) is 7.11 Å². The first-order chi connectivity index (χ1) is 10.1. The Labute approximate surface area is 132 Å². The number of aliphatic carboxylic acids is 1. The number of ether oxygens (including phenoxy) is 2. The van der Waals surface area contributed by atoms with Gasteiger partial charge in [-0.05, 0) is 52.4 Å². The largest absolute Gasteiger partial charge is 0.500 e. The minimum atomic E-state index is -1.16. The first kappa shape index (κ1) is 15.9. The standard InChI is InChI=1S/C16H19BrO4/c1-20-10-15(16(18)19)21-14-9-12(7-8-13(14)17)11-5-3-2-4-6-11/h7-11H,2-6H2,1H3,(H,18,19)/b15-10-. The van der Waals surface area contributed by atoms with E-state index in [1.54, 1.807) is 0 Å². The van der Waals surface area contributed by atoms with Gasteiger partial charge in [0.25, 0.3) is 0 Å². The van der Waals surface area contributed by atoms with Crippen molar-refractivity contribution < 1.29 is 19.4 Å². The van der Waals surface area contributed by atoms with Gasteiger partial charge in [0, 0.05) is 0 Å². The summed E-state index contributed by atoms with van der Waals surface area (Å²) in [5, 5.41) is 9.09. The van der Waals surface area contributed by atoms with Gasteiger partial charge < -0.3 is 14.6 Å². The molecule has 1 aromatic rings. The van der Waals surface area contributed by atoms with Crippen molar-refractivity contribution in [3.05, 3.63) is 40.3 Å². The van der Waals surface area contributed by atoms with E-state index in [0.29, 0.717) is 11.7 Å². The molecule has 1 fully saturated rings. The molecule has 4 nitrogen and oxygen atoms in total. The van der Waals surface area contributed by atoms with Crippen LogP contribution in [0.15, 0.2) is 34.7 Å². The molecule has 1 saturated carbocycles. The number of benzene rings is 1. The summed E-state index contributed by atoms with van der Waals surface area (Å²) in [6.07, 6.45) is 7.25. The minimum Gasteiger partial charge on any atom is -0.500 e. The fourth-order valence-corrected chi connectivity index (χ4v) is 2.96. The van der Waals surface area contributed by atoms with E-state index < -0.39 is 5.97 Å². The first-order valence-electron chi connectivity index (χ1n) is 7.05. The molecule has 1 aliphatic carbocycles. The van der Waals surface area contributed by atoms with Gasteiger partial charge in [0.05, 0.1) is 11.6 Å². The van der Waals surface area contributed by atoms with E-state index in [-0.39, 0.29) is 5.76 Å². The molecule has 5 heteroatoms. The lowest BCUT2D eigenvalue weighted by molar-refractivity contribution is -0.135. The highest BCUT2D eigenvalue weighted by Gasteiger charge is 2.18. The van der Waals surface area contributed by atoms with Crippen molar-refractivity contribution in [2.24, 2.45) is 0 Å². The molecule has 0 atom stereocenters. The maximum Gasteiger partial charge on any atom is 0.375 e. The number of hydrogen-bond donors (Lipinski definition) is 1. The van der Waals surface area contributed by atoms with Crippen LogP contribution in [0.4, 0.5) is 0 Å². The molecule has 1 aliphatic rings. The third-order valence-corrected chi connectivity index (χ3v) is 4.34. The molecule has 0 saturated heterocycles. The minimum absolute atomic E-state index is 0.237. The van der Waals surface area contributed by atoms with Gasteiger partial charge in [-0.15, -0.1) is 0 Å². The molecule has 0 bridgehead atoms. The monoisotopic (exact) mass is 354 g/mol. The van der Waals surface area contributed by atoms with Crippen molar-refractivity contribution in [1.29, 1.82) is 0 Å². The van der Waals surface area contributed by atoms with E-state index in [2.05, 4.69) is 22.0 Å². The molecule has 0 amide bonds. The molecular weight excluding hydrogens is 336 g/mol. The van der Waals surface area contributed by atoms with E-state index in [4.69, 9.17) is 14.6 Å². The van der Waals surface area contributed by atoms with Crippen molar-refractivity contribution in [2.45, 2.75) is 38.0 Å². The Morgan fingerprint density at radius 2 is 2.05 bits per heavy atom. The van der Waals surface area contributed by atoms with Gasteiger partial charge in [-0.1, -0.05) is 25.3 Å². The molecule has 2 rings (SSSR count). The van der Waals surface area contributed by atoms with Crippen molar-refractivity contribution in [1.82, 2.24) is 0 Å². The summed E-state index contributed by atoms with van der Waals surface area (Å²) in [4.78, 5) is 11.1. The zero-order valence-corrected chi connectivity index (χ0v) is 13.6. The molecule has 1 N–H and O–H groups in total. The second-order valence-corrected chi connectivity index (χ2v) is 6.00. The van der Waals surface area contributed by atoms with E-state index in [0.717, 1.165) is 10.7 Å². The third kappa shape index (κ3) is 4.24. The zero-order chi connectivity index (χ0) is 15.2. The SMILES string of the molecule is CO/C=C(\Oc1cc(C2CCCCC2)ccc1Br)C(=O)O. The Hall–Kier alpha value is -1.49. The summed E-state index contributed by atoms with van der Waals surface area (Å²) in [5.41, 5.74) is 1.20. The highest BCUT2D eigenvalue weighted by molar-refractivity contribution is 9.10. The van der Waals surface area contributed by atoms with Crippen LogP contribution < -0.4 is 4.74 Å². The lowest BCUT2D eigenvalue weighted by Gasteiger charge is -2.22. The second kappa shape index (κ2) is 7.50. The van der Waals surface area contributed by atoms with E-state index in [1.807, 2.05) is 12.1 Å². The average Bonchev–Trinajstić information content (AvgIpc) is 2.49. The number of carbonyl (C=O) groups is 1. The number of rotatable bonds is 5. The summed E-state index contributed by atoms with van der Waals surface area (Å²) in [6.45, 7) is 0. The van der Waals surface area contributed by atoms with Crippen LogP contribution in [0.2, 0.25) is 0 Å². The Kier molecular flexibility index (Phi) is 5.67. The Morgan fingerprint density at radius 1 is 1.33 bits per heavy atom. The molecule has 1 aromatic carbocycles. The van der Waals surface area contributed by atoms with Crippen LogP contribution in [0, 0.1) is 0 Å². The summed E-state index contributed by atoms with van der Waals surface area (Å²) < 4.78 is 10.9.